The Balaban J connectivity index is 0.00000170. The van der Waals surface area contributed by atoms with Gasteiger partial charge in [0.2, 0.25) is 17.7 Å². The molecule has 3 heterocycles. The number of hydrogen-bond donors (Lipinski definition) is 12. The third-order valence-electron chi connectivity index (χ3n) is 15.5. The molecule has 5 rings (SSSR count). The normalized spacial score (nSPS) is 16.2. The highest BCUT2D eigenvalue weighted by atomic mass is 16.7. The first-order valence-electron chi connectivity index (χ1n) is 33.8. The van der Waals surface area contributed by atoms with Crippen LogP contribution in [0.1, 0.15) is 60.1 Å². The smallest absolute Gasteiger partial charge is 0.347 e. The molecule has 0 bridgehead atoms. The van der Waals surface area contributed by atoms with Crippen molar-refractivity contribution in [1.29, 1.82) is 0 Å². The minimum atomic E-state index is -1.06. The lowest BCUT2D eigenvalue weighted by atomic mass is 10.1. The highest BCUT2D eigenvalue weighted by molar-refractivity contribution is 6.02. The van der Waals surface area contributed by atoms with Gasteiger partial charge in [-0.25, -0.2) is 14.4 Å². The number of aliphatic carboxylic acids is 6. The van der Waals surface area contributed by atoms with E-state index in [0.717, 1.165) is 5.56 Å². The van der Waals surface area contributed by atoms with E-state index in [1.807, 2.05) is 0 Å². The first kappa shape index (κ1) is 98.7. The van der Waals surface area contributed by atoms with Crippen molar-refractivity contribution in [3.63, 3.8) is 0 Å². The van der Waals surface area contributed by atoms with Crippen LogP contribution in [0.3, 0.4) is 0 Å². The fourth-order valence-electron chi connectivity index (χ4n) is 10.2. The topological polar surface area (TPSA) is 520 Å². The maximum Gasteiger partial charge on any atom is 0.347 e. The fraction of sp³-hybridized carbons (Fsp3) is 0.521. The number of benzene rings is 2. The third-order valence-corrected chi connectivity index (χ3v) is 15.5. The number of aliphatic hydroxyl groups excluding tert-OH is 2. The van der Waals surface area contributed by atoms with Crippen LogP contribution in [0.5, 0.6) is 0 Å². The van der Waals surface area contributed by atoms with E-state index < -0.39 is 77.4 Å². The molecule has 5 amide bonds. The van der Waals surface area contributed by atoms with Crippen LogP contribution in [0.4, 0.5) is 11.4 Å². The van der Waals surface area contributed by atoms with Crippen molar-refractivity contribution in [1.82, 2.24) is 49.6 Å². The van der Waals surface area contributed by atoms with Crippen molar-refractivity contribution < 1.29 is 122 Å². The molecule has 3 aliphatic rings. The Morgan fingerprint density at radius 1 is 0.413 bits per heavy atom. The second-order valence-corrected chi connectivity index (χ2v) is 23.7. The molecule has 0 radical (unpaired) electrons. The number of rotatable bonds is 32. The van der Waals surface area contributed by atoms with Gasteiger partial charge in [0.05, 0.1) is 103 Å². The summed E-state index contributed by atoms with van der Waals surface area (Å²) in [6, 6.07) is 13.7. The number of hydroxylamine groups is 2. The zero-order valence-electron chi connectivity index (χ0n) is 59.3. The number of amides is 5. The highest BCUT2D eigenvalue weighted by Gasteiger charge is 2.34. The second-order valence-electron chi connectivity index (χ2n) is 23.7. The zero-order chi connectivity index (χ0) is 78.5. The number of aliphatic hydroxyl groups is 2. The van der Waals surface area contributed by atoms with Gasteiger partial charge in [-0.05, 0) is 73.5 Å². The van der Waals surface area contributed by atoms with Gasteiger partial charge in [-0.3, -0.25) is 91.9 Å². The summed E-state index contributed by atoms with van der Waals surface area (Å²) < 4.78 is 9.85. The number of imide groups is 1. The van der Waals surface area contributed by atoms with Crippen molar-refractivity contribution in [3.8, 4) is 0 Å². The molecule has 3 aliphatic heterocycles. The number of carboxylic acid groups (broad SMARTS) is 6. The molecule has 109 heavy (non-hydrogen) atoms. The maximum absolute atomic E-state index is 12.8. The number of carbonyl (C=O) groups excluding carboxylic acids is 8. The number of carboxylic acids is 6. The number of nitrogens with two attached hydrogens (primary N) is 1. The lowest BCUT2D eigenvalue weighted by molar-refractivity contribution is -0.198. The molecule has 3 fully saturated rings. The van der Waals surface area contributed by atoms with Gasteiger partial charge < -0.3 is 76.8 Å². The molecule has 0 aliphatic carbocycles. The van der Waals surface area contributed by atoms with Gasteiger partial charge in [-0.2, -0.15) is 0 Å². The largest absolute Gasteiger partial charge is 0.480 e. The highest BCUT2D eigenvalue weighted by Crippen LogP contribution is 2.16. The second kappa shape index (κ2) is 55.2. The van der Waals surface area contributed by atoms with Gasteiger partial charge >= 0.3 is 53.7 Å². The van der Waals surface area contributed by atoms with Crippen LogP contribution in [0, 0.1) is 0 Å². The van der Waals surface area contributed by atoms with Crippen LogP contribution in [0.2, 0.25) is 0 Å². The summed E-state index contributed by atoms with van der Waals surface area (Å²) in [5, 5.41) is 82.1. The number of nitrogens with zero attached hydrogens (tertiary/aromatic N) is 9. The molecule has 2 aromatic rings. The van der Waals surface area contributed by atoms with Gasteiger partial charge in [0.1, 0.15) is 0 Å². The van der Waals surface area contributed by atoms with Crippen molar-refractivity contribution in [2.24, 2.45) is 5.73 Å². The predicted molar refractivity (Wildman–Crippen MR) is 399 cm³/mol. The Kier molecular flexibility index (Phi) is 50.0. The fourth-order valence-corrected chi connectivity index (χ4v) is 10.2. The van der Waals surface area contributed by atoms with Gasteiger partial charge in [-0.15, -0.1) is 5.06 Å². The Labute approximate surface area is 633 Å². The number of hydrogen-bond acceptors (Lipinski definition) is 28. The summed E-state index contributed by atoms with van der Waals surface area (Å²) >= 11 is 0. The zero-order valence-corrected chi connectivity index (χ0v) is 59.3. The number of carbonyl (C=O) groups is 14. The summed E-state index contributed by atoms with van der Waals surface area (Å²) in [6.45, 7) is 4.72. The molecule has 38 heteroatoms. The quantitative estimate of drug-likeness (QED) is 0.0177. The summed E-state index contributed by atoms with van der Waals surface area (Å²) in [5.74, 6) is -10.6. The first-order chi connectivity index (χ1) is 50.5. The lowest BCUT2D eigenvalue weighted by Gasteiger charge is -2.32. The van der Waals surface area contributed by atoms with Crippen molar-refractivity contribution in [2.45, 2.75) is 49.0 Å². The molecular weight excluding hydrogens is 1430 g/mol. The minimum absolute atomic E-state index is 0. The number of esters is 2. The Morgan fingerprint density at radius 2 is 0.688 bits per heavy atom. The van der Waals surface area contributed by atoms with Gasteiger partial charge in [0, 0.05) is 129 Å². The van der Waals surface area contributed by atoms with Crippen LogP contribution in [-0.2, 0) is 81.4 Å². The predicted octanol–water partition coefficient (Wildman–Crippen LogP) is -1.23. The minimum Gasteiger partial charge on any atom is -0.480 e. The van der Waals surface area contributed by atoms with Crippen LogP contribution in [0.25, 0.3) is 12.2 Å². The average molecular weight is 1540 g/mol. The summed E-state index contributed by atoms with van der Waals surface area (Å²) in [4.78, 5) is 182. The SMILES string of the molecule is C.C.C.CCOC(=O)C(/C=C/c1ccc(NC(=O)CN)cc1)=C/CO.CCOC(=O)C(/C=C/c1ccc(NC(=O)CNC(=O)CN2CCN(CC(=O)O)CCN(CC(=O)O)CCN(CC(=O)O)CC2)cc1)=C/CO.O=C(O)CN1CCN(CC(=O)O)CCN(CC(=O)ON2C(=O)CCC2=O)CCN(CC(=O)O)CC1. The molecule has 38 nitrogen and oxygen atoms in total. The Hall–Kier alpha value is -10.3. The Morgan fingerprint density at radius 3 is 0.954 bits per heavy atom. The van der Waals surface area contributed by atoms with Crippen molar-refractivity contribution in [2.75, 3.05) is 207 Å². The molecular formula is C71H109N13O25. The molecule has 2 aromatic carbocycles. The van der Waals surface area contributed by atoms with E-state index in [0.29, 0.717) is 22.0 Å². The van der Waals surface area contributed by atoms with E-state index >= 15 is 0 Å². The molecule has 0 aromatic heterocycles. The molecule has 0 spiro atoms. The van der Waals surface area contributed by atoms with Crippen LogP contribution in [-0.4, -0.2) is 365 Å². The summed E-state index contributed by atoms with van der Waals surface area (Å²) in [6.07, 6.45) is 9.08. The van der Waals surface area contributed by atoms with E-state index in [-0.39, 0.29) is 249 Å². The number of ether oxygens (including phenoxy) is 2. The van der Waals surface area contributed by atoms with Gasteiger partial charge in [0.15, 0.2) is 0 Å². The number of nitrogens with one attached hydrogen (secondary N) is 3. The molecule has 0 atom stereocenters. The summed E-state index contributed by atoms with van der Waals surface area (Å²) in [5.41, 5.74) is 8.36. The molecule has 3 saturated heterocycles. The molecule has 0 unspecified atom stereocenters. The van der Waals surface area contributed by atoms with Crippen molar-refractivity contribution >= 4 is 107 Å². The monoisotopic (exact) mass is 1540 g/mol. The molecule has 608 valence electrons. The van der Waals surface area contributed by atoms with E-state index in [1.165, 1.54) is 18.2 Å². The van der Waals surface area contributed by atoms with E-state index in [4.69, 9.17) is 30.3 Å². The van der Waals surface area contributed by atoms with Gasteiger partial charge in [0.25, 0.3) is 11.8 Å². The third kappa shape index (κ3) is 43.4. The molecule has 0 saturated carbocycles. The maximum atomic E-state index is 12.8. The van der Waals surface area contributed by atoms with Crippen LogP contribution in [0.15, 0.2) is 84.0 Å². The lowest BCUT2D eigenvalue weighted by Crippen LogP contribution is -2.50. The number of anilines is 2. The Bertz CT molecular complexity index is 3310. The standard InChI is InChI=1S/C32H46N6O11.C20H31N5O10.C16H20N2O4.3CH4/c1-2-49-32(48)25(9-18-39)6-3-24-4-7-26(8-5-24)34-27(40)19-33-28(41)20-35-10-12-36(21-29(42)43)14-16-38(23-31(46)47)17-15-37(13-11-35)22-30(44)45;26-15-1-2-16(27)25(15)35-20(34)14-24-9-7-22(12-18(30)31)5-3-21(11-17(28)29)4-6-23(8-10-24)13-19(32)33;1-2-22-16(21)13(9-10-19)6-3-12-4-7-14(8-5-12)18-15(20)11-17;;;/h3-9,39H,2,10-23H2,1H3,(H,33,41)(H,34,40)(H,42,43)(H,44,45)(H,46,47);1-14H2,(H,28,29)(H,30,31)(H,32,33);3-9,19H,2,10-11,17H2,1H3,(H,18,20);3*1H4/b6-3+,25-9+;;6-3+,13-9+;;;. The summed E-state index contributed by atoms with van der Waals surface area (Å²) in [7, 11) is 0. The van der Waals surface area contributed by atoms with E-state index in [1.54, 1.807) is 120 Å². The molecule has 13 N–H and O–H groups in total. The van der Waals surface area contributed by atoms with Crippen molar-refractivity contribution in [3.05, 3.63) is 95.1 Å². The van der Waals surface area contributed by atoms with Gasteiger partial charge in [-0.1, -0.05) is 58.7 Å². The average Bonchev–Trinajstić information content (AvgIpc) is 1.77. The first-order valence-corrected chi connectivity index (χ1v) is 33.8. The van der Waals surface area contributed by atoms with E-state index in [2.05, 4.69) is 16.0 Å². The van der Waals surface area contributed by atoms with Crippen LogP contribution >= 0.6 is 0 Å². The van der Waals surface area contributed by atoms with Crippen LogP contribution < -0.4 is 21.7 Å². The van der Waals surface area contributed by atoms with E-state index in [9.17, 15) is 97.8 Å².